The van der Waals surface area contributed by atoms with E-state index in [2.05, 4.69) is 4.90 Å². The Labute approximate surface area is 94.8 Å². The van der Waals surface area contributed by atoms with Crippen LogP contribution in [0.2, 0.25) is 5.02 Å². The molecule has 0 amide bonds. The molecule has 0 atom stereocenters. The first-order valence-corrected chi connectivity index (χ1v) is 5.80. The van der Waals surface area contributed by atoms with Gasteiger partial charge in [-0.1, -0.05) is 24.1 Å². The zero-order chi connectivity index (χ0) is 10.7. The number of piperidine rings is 1. The maximum Gasteiger partial charge on any atom is 0.141 e. The van der Waals surface area contributed by atoms with Gasteiger partial charge in [0.15, 0.2) is 0 Å². The van der Waals surface area contributed by atoms with E-state index in [0.717, 1.165) is 25.2 Å². The molecule has 1 fully saturated rings. The fourth-order valence-corrected chi connectivity index (χ4v) is 2.22. The molecule has 2 rings (SSSR count). The molecular weight excluding hydrogens is 213 g/mol. The molecule has 0 spiro atoms. The Morgan fingerprint density at radius 3 is 2.60 bits per heavy atom. The third-order valence-corrected chi connectivity index (χ3v) is 3.13. The van der Waals surface area contributed by atoms with Gasteiger partial charge < -0.3 is 0 Å². The lowest BCUT2D eigenvalue weighted by Gasteiger charge is -2.26. The lowest BCUT2D eigenvalue weighted by Crippen LogP contribution is -2.29. The smallest absolute Gasteiger partial charge is 0.141 e. The van der Waals surface area contributed by atoms with Crippen molar-refractivity contribution in [1.82, 2.24) is 4.90 Å². The summed E-state index contributed by atoms with van der Waals surface area (Å²) in [7, 11) is 0. The van der Waals surface area contributed by atoms with Crippen molar-refractivity contribution in [2.24, 2.45) is 0 Å². The number of rotatable bonds is 2. The lowest BCUT2D eigenvalue weighted by atomic mass is 10.1. The summed E-state index contributed by atoms with van der Waals surface area (Å²) in [4.78, 5) is 2.40. The largest absolute Gasteiger partial charge is 0.299 e. The second kappa shape index (κ2) is 4.95. The van der Waals surface area contributed by atoms with E-state index < -0.39 is 0 Å². The van der Waals surface area contributed by atoms with Crippen molar-refractivity contribution in [2.75, 3.05) is 13.1 Å². The minimum atomic E-state index is -0.334. The summed E-state index contributed by atoms with van der Waals surface area (Å²) in [6.45, 7) is 3.18. The van der Waals surface area contributed by atoms with Crippen LogP contribution in [0, 0.1) is 5.82 Å². The zero-order valence-corrected chi connectivity index (χ0v) is 9.43. The Balaban J connectivity index is 2.00. The first-order valence-electron chi connectivity index (χ1n) is 5.42. The van der Waals surface area contributed by atoms with E-state index in [-0.39, 0.29) is 10.8 Å². The number of likely N-dealkylation sites (tertiary alicyclic amines) is 1. The van der Waals surface area contributed by atoms with Gasteiger partial charge in [0.2, 0.25) is 0 Å². The van der Waals surface area contributed by atoms with Crippen molar-refractivity contribution in [3.05, 3.63) is 34.6 Å². The van der Waals surface area contributed by atoms with E-state index in [0.29, 0.717) is 0 Å². The van der Waals surface area contributed by atoms with E-state index in [4.69, 9.17) is 11.6 Å². The van der Waals surface area contributed by atoms with E-state index in [9.17, 15) is 4.39 Å². The molecule has 0 aromatic heterocycles. The summed E-state index contributed by atoms with van der Waals surface area (Å²) in [5, 5.41) is 0.226. The minimum Gasteiger partial charge on any atom is -0.299 e. The van der Waals surface area contributed by atoms with Crippen LogP contribution in [0.3, 0.4) is 0 Å². The quantitative estimate of drug-likeness (QED) is 0.748. The minimum absolute atomic E-state index is 0.226. The molecule has 1 heterocycles. The van der Waals surface area contributed by atoms with Gasteiger partial charge in [0, 0.05) is 6.54 Å². The van der Waals surface area contributed by atoms with Gasteiger partial charge in [-0.2, -0.15) is 0 Å². The highest BCUT2D eigenvalue weighted by Crippen LogP contribution is 2.18. The molecule has 1 saturated heterocycles. The predicted octanol–water partition coefficient (Wildman–Crippen LogP) is 3.47. The first-order chi connectivity index (χ1) is 7.25. The molecule has 3 heteroatoms. The number of hydrogen-bond donors (Lipinski definition) is 0. The Morgan fingerprint density at radius 1 is 1.20 bits per heavy atom. The van der Waals surface area contributed by atoms with Gasteiger partial charge in [0.05, 0.1) is 5.02 Å². The van der Waals surface area contributed by atoms with Gasteiger partial charge in [-0.3, -0.25) is 4.90 Å². The molecule has 15 heavy (non-hydrogen) atoms. The molecule has 0 N–H and O–H groups in total. The van der Waals surface area contributed by atoms with Crippen LogP contribution >= 0.6 is 11.6 Å². The van der Waals surface area contributed by atoms with Gasteiger partial charge in [0.25, 0.3) is 0 Å². The van der Waals surface area contributed by atoms with Crippen LogP contribution in [-0.2, 0) is 6.54 Å². The third kappa shape index (κ3) is 2.93. The normalized spacial score (nSPS) is 18.0. The fourth-order valence-electron chi connectivity index (χ4n) is 2.01. The van der Waals surface area contributed by atoms with E-state index in [1.54, 1.807) is 6.07 Å². The summed E-state index contributed by atoms with van der Waals surface area (Å²) < 4.78 is 12.9. The Kier molecular flexibility index (Phi) is 3.60. The first kappa shape index (κ1) is 10.9. The number of halogens is 2. The van der Waals surface area contributed by atoms with Crippen LogP contribution in [0.25, 0.3) is 0 Å². The Hall–Kier alpha value is -0.600. The number of benzene rings is 1. The van der Waals surface area contributed by atoms with Gasteiger partial charge in [-0.25, -0.2) is 4.39 Å². The van der Waals surface area contributed by atoms with E-state index in [1.165, 1.54) is 25.3 Å². The number of hydrogen-bond acceptors (Lipinski definition) is 1. The maximum absolute atomic E-state index is 12.9. The highest BCUT2D eigenvalue weighted by atomic mass is 35.5. The van der Waals surface area contributed by atoms with Crippen molar-refractivity contribution in [2.45, 2.75) is 25.8 Å². The van der Waals surface area contributed by atoms with Gasteiger partial charge in [0.1, 0.15) is 5.82 Å². The Bertz CT molecular complexity index is 334. The maximum atomic E-state index is 12.9. The van der Waals surface area contributed by atoms with Crippen molar-refractivity contribution in [3.8, 4) is 0 Å². The second-order valence-corrected chi connectivity index (χ2v) is 4.49. The topological polar surface area (TPSA) is 3.24 Å². The summed E-state index contributed by atoms with van der Waals surface area (Å²) in [6, 6.07) is 4.99. The molecule has 1 aromatic carbocycles. The molecule has 0 bridgehead atoms. The lowest BCUT2D eigenvalue weighted by molar-refractivity contribution is 0.221. The van der Waals surface area contributed by atoms with Gasteiger partial charge in [-0.05, 0) is 43.6 Å². The zero-order valence-electron chi connectivity index (χ0n) is 8.68. The van der Waals surface area contributed by atoms with Crippen molar-refractivity contribution < 1.29 is 4.39 Å². The van der Waals surface area contributed by atoms with Crippen LogP contribution in [0.4, 0.5) is 4.39 Å². The molecule has 0 aliphatic carbocycles. The molecule has 82 valence electrons. The fraction of sp³-hybridized carbons (Fsp3) is 0.500. The number of nitrogens with zero attached hydrogens (tertiary/aromatic N) is 1. The molecule has 0 radical (unpaired) electrons. The average Bonchev–Trinajstić information content (AvgIpc) is 2.25. The van der Waals surface area contributed by atoms with Crippen LogP contribution in [-0.4, -0.2) is 18.0 Å². The molecule has 1 nitrogen and oxygen atoms in total. The summed E-state index contributed by atoms with van der Waals surface area (Å²) >= 11 is 5.74. The van der Waals surface area contributed by atoms with Crippen LogP contribution in [0.5, 0.6) is 0 Å². The molecule has 1 aromatic rings. The highest BCUT2D eigenvalue weighted by Gasteiger charge is 2.11. The van der Waals surface area contributed by atoms with Gasteiger partial charge >= 0.3 is 0 Å². The summed E-state index contributed by atoms with van der Waals surface area (Å²) in [6.07, 6.45) is 3.88. The van der Waals surface area contributed by atoms with Crippen molar-refractivity contribution >= 4 is 11.6 Å². The van der Waals surface area contributed by atoms with Crippen LogP contribution < -0.4 is 0 Å². The second-order valence-electron chi connectivity index (χ2n) is 4.09. The molecule has 1 aliphatic heterocycles. The Morgan fingerprint density at radius 2 is 1.93 bits per heavy atom. The highest BCUT2D eigenvalue weighted by molar-refractivity contribution is 6.30. The summed E-state index contributed by atoms with van der Waals surface area (Å²) in [5.41, 5.74) is 1.10. The average molecular weight is 228 g/mol. The molecule has 1 aliphatic rings. The summed E-state index contributed by atoms with van der Waals surface area (Å²) in [5.74, 6) is -0.334. The molecular formula is C12H15ClFN. The SMILES string of the molecule is Fc1ccc(CN2CCCCC2)cc1Cl. The van der Waals surface area contributed by atoms with Crippen LogP contribution in [0.1, 0.15) is 24.8 Å². The molecule has 0 saturated carbocycles. The van der Waals surface area contributed by atoms with E-state index >= 15 is 0 Å². The monoisotopic (exact) mass is 227 g/mol. The van der Waals surface area contributed by atoms with Crippen LogP contribution in [0.15, 0.2) is 18.2 Å². The van der Waals surface area contributed by atoms with Crippen molar-refractivity contribution in [3.63, 3.8) is 0 Å². The molecule has 0 unspecified atom stereocenters. The standard InChI is InChI=1S/C12H15ClFN/c13-11-8-10(4-5-12(11)14)9-15-6-2-1-3-7-15/h4-5,8H,1-3,6-7,9H2. The van der Waals surface area contributed by atoms with Crippen molar-refractivity contribution in [1.29, 1.82) is 0 Å². The van der Waals surface area contributed by atoms with E-state index in [1.807, 2.05) is 6.07 Å². The predicted molar refractivity (Wildman–Crippen MR) is 60.5 cm³/mol. The van der Waals surface area contributed by atoms with Gasteiger partial charge in [-0.15, -0.1) is 0 Å². The third-order valence-electron chi connectivity index (χ3n) is 2.84.